The van der Waals surface area contributed by atoms with Crippen LogP contribution in [0.4, 0.5) is 0 Å². The smallest absolute Gasteiger partial charge is 0.231 e. The molecule has 112 valence electrons. The predicted octanol–water partition coefficient (Wildman–Crippen LogP) is 3.97. The van der Waals surface area contributed by atoms with Gasteiger partial charge in [-0.05, 0) is 53.8 Å². The van der Waals surface area contributed by atoms with Crippen molar-refractivity contribution in [1.29, 1.82) is 0 Å². The van der Waals surface area contributed by atoms with Gasteiger partial charge in [0.2, 0.25) is 12.5 Å². The van der Waals surface area contributed by atoms with Gasteiger partial charge in [0.05, 0.1) is 3.79 Å². The number of rotatable bonds is 6. The second-order valence-electron chi connectivity index (χ2n) is 4.63. The maximum Gasteiger partial charge on any atom is 0.231 e. The minimum absolute atomic E-state index is 0.00977. The molecule has 2 heterocycles. The third-order valence-electron chi connectivity index (χ3n) is 3.20. The van der Waals surface area contributed by atoms with Crippen LogP contribution in [0.5, 0.6) is 17.2 Å². The average Bonchev–Trinajstić information content (AvgIpc) is 3.12. The van der Waals surface area contributed by atoms with E-state index in [4.69, 9.17) is 14.2 Å². The monoisotopic (exact) mass is 369 g/mol. The quantitative estimate of drug-likeness (QED) is 0.835. The van der Waals surface area contributed by atoms with E-state index >= 15 is 0 Å². The summed E-state index contributed by atoms with van der Waals surface area (Å²) in [6, 6.07) is 9.87. The van der Waals surface area contributed by atoms with Gasteiger partial charge in [-0.25, -0.2) is 0 Å². The Morgan fingerprint density at radius 1 is 1.33 bits per heavy atom. The molecule has 2 aromatic rings. The van der Waals surface area contributed by atoms with Gasteiger partial charge < -0.3 is 19.5 Å². The second-order valence-corrected chi connectivity index (χ2v) is 7.13. The maximum absolute atomic E-state index is 6.20. The van der Waals surface area contributed by atoms with Crippen molar-refractivity contribution in [3.8, 4) is 17.2 Å². The van der Waals surface area contributed by atoms with Crippen molar-refractivity contribution in [1.82, 2.24) is 5.32 Å². The molecule has 0 aliphatic carbocycles. The normalized spacial score (nSPS) is 14.2. The standard InChI is InChI=1S/C15H16BrNO3S/c1-17-8-7-10(13-5-6-14(16)21-13)20-12-4-2-3-11-15(12)19-9-18-11/h2-6,10,17H,7-9H2,1H3/t10-/m0/s1. The van der Waals surface area contributed by atoms with Crippen LogP contribution in [-0.2, 0) is 0 Å². The lowest BCUT2D eigenvalue weighted by Crippen LogP contribution is -2.15. The molecular weight excluding hydrogens is 354 g/mol. The molecule has 1 N–H and O–H groups in total. The van der Waals surface area contributed by atoms with Gasteiger partial charge in [0, 0.05) is 11.3 Å². The molecule has 0 fully saturated rings. The Balaban J connectivity index is 1.83. The van der Waals surface area contributed by atoms with Crippen molar-refractivity contribution in [3.05, 3.63) is 39.0 Å². The Bertz CT molecular complexity index is 617. The predicted molar refractivity (Wildman–Crippen MR) is 86.5 cm³/mol. The molecule has 1 aliphatic rings. The summed E-state index contributed by atoms with van der Waals surface area (Å²) < 4.78 is 18.2. The summed E-state index contributed by atoms with van der Waals surface area (Å²) in [5.41, 5.74) is 0. The third-order valence-corrected chi connectivity index (χ3v) is 4.91. The van der Waals surface area contributed by atoms with E-state index in [2.05, 4.69) is 27.3 Å². The van der Waals surface area contributed by atoms with Gasteiger partial charge in [0.15, 0.2) is 11.5 Å². The van der Waals surface area contributed by atoms with E-state index in [1.165, 1.54) is 4.88 Å². The fourth-order valence-electron chi connectivity index (χ4n) is 2.19. The minimum Gasteiger partial charge on any atom is -0.481 e. The highest BCUT2D eigenvalue weighted by molar-refractivity contribution is 9.11. The minimum atomic E-state index is -0.00977. The second kappa shape index (κ2) is 6.68. The average molecular weight is 370 g/mol. The van der Waals surface area contributed by atoms with Crippen LogP contribution in [0.3, 0.4) is 0 Å². The topological polar surface area (TPSA) is 39.7 Å². The summed E-state index contributed by atoms with van der Waals surface area (Å²) in [5, 5.41) is 3.17. The van der Waals surface area contributed by atoms with Crippen molar-refractivity contribution in [2.24, 2.45) is 0 Å². The molecule has 6 heteroatoms. The maximum atomic E-state index is 6.20. The van der Waals surface area contributed by atoms with Crippen molar-refractivity contribution in [2.75, 3.05) is 20.4 Å². The zero-order valence-electron chi connectivity index (χ0n) is 11.6. The number of ether oxygens (including phenoxy) is 3. The number of nitrogens with one attached hydrogen (secondary N) is 1. The fraction of sp³-hybridized carbons (Fsp3) is 0.333. The molecule has 0 saturated heterocycles. The summed E-state index contributed by atoms with van der Waals surface area (Å²) in [5.74, 6) is 2.17. The lowest BCUT2D eigenvalue weighted by atomic mass is 10.2. The van der Waals surface area contributed by atoms with Crippen molar-refractivity contribution < 1.29 is 14.2 Å². The molecule has 1 aromatic heterocycles. The van der Waals surface area contributed by atoms with E-state index in [1.54, 1.807) is 11.3 Å². The third kappa shape index (κ3) is 3.33. The van der Waals surface area contributed by atoms with E-state index in [-0.39, 0.29) is 12.9 Å². The Hall–Kier alpha value is -1.24. The van der Waals surface area contributed by atoms with Gasteiger partial charge in [0.25, 0.3) is 0 Å². The number of hydrogen-bond donors (Lipinski definition) is 1. The summed E-state index contributed by atoms with van der Waals surface area (Å²) in [4.78, 5) is 1.19. The lowest BCUT2D eigenvalue weighted by Gasteiger charge is -2.19. The van der Waals surface area contributed by atoms with Gasteiger partial charge in [-0.3, -0.25) is 0 Å². The summed E-state index contributed by atoms with van der Waals surface area (Å²) in [6.07, 6.45) is 0.873. The molecule has 0 radical (unpaired) electrons. The Morgan fingerprint density at radius 3 is 3.00 bits per heavy atom. The van der Waals surface area contributed by atoms with Crippen molar-refractivity contribution in [2.45, 2.75) is 12.5 Å². The number of fused-ring (bicyclic) bond motifs is 1. The van der Waals surface area contributed by atoms with E-state index in [1.807, 2.05) is 31.3 Å². The van der Waals surface area contributed by atoms with E-state index in [0.29, 0.717) is 5.75 Å². The Kier molecular flexibility index (Phi) is 4.67. The molecule has 21 heavy (non-hydrogen) atoms. The summed E-state index contributed by atoms with van der Waals surface area (Å²) in [7, 11) is 1.94. The summed E-state index contributed by atoms with van der Waals surface area (Å²) >= 11 is 5.20. The summed E-state index contributed by atoms with van der Waals surface area (Å²) in [6.45, 7) is 1.13. The molecular formula is C15H16BrNO3S. The Labute approximate surface area is 136 Å². The van der Waals surface area contributed by atoms with Crippen LogP contribution in [0.15, 0.2) is 34.1 Å². The molecule has 0 saturated carbocycles. The highest BCUT2D eigenvalue weighted by Gasteiger charge is 2.22. The van der Waals surface area contributed by atoms with Gasteiger partial charge >= 0.3 is 0 Å². The first-order chi connectivity index (χ1) is 10.3. The van der Waals surface area contributed by atoms with Crippen LogP contribution in [0, 0.1) is 0 Å². The molecule has 0 amide bonds. The molecule has 1 aromatic carbocycles. The van der Waals surface area contributed by atoms with Crippen LogP contribution in [0.2, 0.25) is 0 Å². The first-order valence-electron chi connectivity index (χ1n) is 6.73. The highest BCUT2D eigenvalue weighted by Crippen LogP contribution is 2.43. The number of hydrogen-bond acceptors (Lipinski definition) is 5. The number of thiophene rings is 1. The van der Waals surface area contributed by atoms with Crippen LogP contribution in [0.25, 0.3) is 0 Å². The largest absolute Gasteiger partial charge is 0.481 e. The van der Waals surface area contributed by atoms with Gasteiger partial charge in [-0.1, -0.05) is 6.07 Å². The van der Waals surface area contributed by atoms with Crippen LogP contribution < -0.4 is 19.5 Å². The number of halogens is 1. The zero-order valence-corrected chi connectivity index (χ0v) is 14.0. The first-order valence-corrected chi connectivity index (χ1v) is 8.34. The molecule has 3 rings (SSSR count). The number of para-hydroxylation sites is 1. The van der Waals surface area contributed by atoms with Crippen LogP contribution in [-0.4, -0.2) is 20.4 Å². The van der Waals surface area contributed by atoms with Crippen LogP contribution >= 0.6 is 27.3 Å². The molecule has 1 aliphatic heterocycles. The van der Waals surface area contributed by atoms with Gasteiger partial charge in [-0.2, -0.15) is 0 Å². The van der Waals surface area contributed by atoms with Gasteiger partial charge in [0.1, 0.15) is 6.10 Å². The first kappa shape index (κ1) is 14.7. The van der Waals surface area contributed by atoms with E-state index in [9.17, 15) is 0 Å². The molecule has 0 spiro atoms. The Morgan fingerprint density at radius 2 is 2.24 bits per heavy atom. The van der Waals surface area contributed by atoms with Crippen molar-refractivity contribution in [3.63, 3.8) is 0 Å². The van der Waals surface area contributed by atoms with Crippen LogP contribution in [0.1, 0.15) is 17.4 Å². The molecule has 0 bridgehead atoms. The molecule has 0 unspecified atom stereocenters. The lowest BCUT2D eigenvalue weighted by molar-refractivity contribution is 0.159. The van der Waals surface area contributed by atoms with Gasteiger partial charge in [-0.15, -0.1) is 11.3 Å². The van der Waals surface area contributed by atoms with E-state index in [0.717, 1.165) is 28.3 Å². The van der Waals surface area contributed by atoms with Crippen molar-refractivity contribution >= 4 is 27.3 Å². The molecule has 1 atom stereocenters. The SMILES string of the molecule is CNCC[C@H](Oc1cccc2c1OCO2)c1ccc(Br)s1. The number of benzene rings is 1. The highest BCUT2D eigenvalue weighted by atomic mass is 79.9. The van der Waals surface area contributed by atoms with E-state index < -0.39 is 0 Å². The zero-order chi connectivity index (χ0) is 14.7. The fourth-order valence-corrected chi connectivity index (χ4v) is 3.67. The molecule has 4 nitrogen and oxygen atoms in total.